The van der Waals surface area contributed by atoms with E-state index in [1.807, 2.05) is 6.92 Å². The topological polar surface area (TPSA) is 66.8 Å². The van der Waals surface area contributed by atoms with Crippen molar-refractivity contribution in [3.63, 3.8) is 0 Å². The van der Waals surface area contributed by atoms with Crippen LogP contribution in [0.1, 0.15) is 43.0 Å². The van der Waals surface area contributed by atoms with Crippen molar-refractivity contribution in [3.8, 4) is 5.75 Å². The van der Waals surface area contributed by atoms with Crippen molar-refractivity contribution >= 4 is 11.9 Å². The van der Waals surface area contributed by atoms with Crippen LogP contribution in [0.5, 0.6) is 5.75 Å². The lowest BCUT2D eigenvalue weighted by molar-refractivity contribution is -0.138. The fourth-order valence-corrected chi connectivity index (χ4v) is 2.75. The fraction of sp³-hybridized carbons (Fsp3) is 0.500. The number of amides is 1. The maximum Gasteiger partial charge on any atom is 0.323 e. The molecule has 1 N–H and O–H groups in total. The molecule has 0 spiro atoms. The van der Waals surface area contributed by atoms with Gasteiger partial charge in [-0.15, -0.1) is 0 Å². The number of benzene rings is 1. The van der Waals surface area contributed by atoms with E-state index in [9.17, 15) is 9.59 Å². The van der Waals surface area contributed by atoms with E-state index >= 15 is 0 Å². The summed E-state index contributed by atoms with van der Waals surface area (Å²) in [6, 6.07) is 6.91. The zero-order valence-corrected chi connectivity index (χ0v) is 12.2. The molecule has 1 fully saturated rings. The van der Waals surface area contributed by atoms with Crippen molar-refractivity contribution in [3.05, 3.63) is 29.8 Å². The number of carboxylic acids is 1. The van der Waals surface area contributed by atoms with Crippen LogP contribution in [0.4, 0.5) is 0 Å². The molecule has 5 heteroatoms. The molecule has 0 aliphatic heterocycles. The summed E-state index contributed by atoms with van der Waals surface area (Å²) in [6.07, 6.45) is 3.88. The summed E-state index contributed by atoms with van der Waals surface area (Å²) in [5.41, 5.74) is 0.506. The summed E-state index contributed by atoms with van der Waals surface area (Å²) in [4.78, 5) is 25.1. The van der Waals surface area contributed by atoms with Gasteiger partial charge in [-0.05, 0) is 44.0 Å². The summed E-state index contributed by atoms with van der Waals surface area (Å²) >= 11 is 0. The van der Waals surface area contributed by atoms with Gasteiger partial charge in [0.2, 0.25) is 0 Å². The number of carbonyl (C=O) groups excluding carboxylic acids is 1. The minimum Gasteiger partial charge on any atom is -0.494 e. The molecule has 21 heavy (non-hydrogen) atoms. The molecule has 0 aromatic heterocycles. The third-order valence-corrected chi connectivity index (χ3v) is 3.74. The van der Waals surface area contributed by atoms with Gasteiger partial charge in [-0.1, -0.05) is 12.8 Å². The lowest BCUT2D eigenvalue weighted by atomic mass is 10.1. The normalized spacial score (nSPS) is 14.9. The highest BCUT2D eigenvalue weighted by molar-refractivity contribution is 5.96. The van der Waals surface area contributed by atoms with Crippen LogP contribution in [0.3, 0.4) is 0 Å². The molecule has 1 saturated carbocycles. The second kappa shape index (κ2) is 7.11. The highest BCUT2D eigenvalue weighted by Gasteiger charge is 2.28. The summed E-state index contributed by atoms with van der Waals surface area (Å²) in [6.45, 7) is 2.23. The van der Waals surface area contributed by atoms with Crippen molar-refractivity contribution in [2.45, 2.75) is 38.6 Å². The van der Waals surface area contributed by atoms with Gasteiger partial charge in [-0.3, -0.25) is 9.59 Å². The SMILES string of the molecule is CCOc1ccc(C(=O)N(CC(=O)O)C2CCCC2)cc1. The van der Waals surface area contributed by atoms with Gasteiger partial charge in [-0.25, -0.2) is 0 Å². The van der Waals surface area contributed by atoms with Crippen molar-refractivity contribution in [1.29, 1.82) is 0 Å². The number of nitrogens with zero attached hydrogens (tertiary/aromatic N) is 1. The third kappa shape index (κ3) is 3.97. The number of hydrogen-bond acceptors (Lipinski definition) is 3. The zero-order chi connectivity index (χ0) is 15.2. The second-order valence-electron chi connectivity index (χ2n) is 5.22. The number of hydrogen-bond donors (Lipinski definition) is 1. The van der Waals surface area contributed by atoms with Gasteiger partial charge in [0.05, 0.1) is 6.61 Å². The fourth-order valence-electron chi connectivity index (χ4n) is 2.75. The van der Waals surface area contributed by atoms with Crippen molar-refractivity contribution in [1.82, 2.24) is 4.90 Å². The summed E-state index contributed by atoms with van der Waals surface area (Å²) in [7, 11) is 0. The van der Waals surface area contributed by atoms with Crippen LogP contribution in [-0.4, -0.2) is 41.1 Å². The molecule has 1 aromatic carbocycles. The quantitative estimate of drug-likeness (QED) is 0.874. The van der Waals surface area contributed by atoms with Gasteiger partial charge in [0.1, 0.15) is 12.3 Å². The summed E-state index contributed by atoms with van der Waals surface area (Å²) < 4.78 is 5.35. The smallest absolute Gasteiger partial charge is 0.323 e. The van der Waals surface area contributed by atoms with Gasteiger partial charge < -0.3 is 14.7 Å². The first-order valence-electron chi connectivity index (χ1n) is 7.37. The molecule has 1 aromatic rings. The van der Waals surface area contributed by atoms with Crippen LogP contribution in [0.25, 0.3) is 0 Å². The molecular formula is C16H21NO4. The average molecular weight is 291 g/mol. The molecule has 1 amide bonds. The number of aliphatic carboxylic acids is 1. The minimum atomic E-state index is -0.971. The Labute approximate surface area is 124 Å². The number of ether oxygens (including phenoxy) is 1. The first kappa shape index (κ1) is 15.4. The number of rotatable bonds is 6. The van der Waals surface area contributed by atoms with Gasteiger partial charge >= 0.3 is 5.97 Å². The van der Waals surface area contributed by atoms with E-state index < -0.39 is 5.97 Å². The maximum absolute atomic E-state index is 12.6. The van der Waals surface area contributed by atoms with Crippen LogP contribution in [0.2, 0.25) is 0 Å². The molecular weight excluding hydrogens is 270 g/mol. The first-order chi connectivity index (χ1) is 10.1. The molecule has 0 saturated heterocycles. The molecule has 0 unspecified atom stereocenters. The van der Waals surface area contributed by atoms with Gasteiger partial charge in [0.25, 0.3) is 5.91 Å². The monoisotopic (exact) mass is 291 g/mol. The van der Waals surface area contributed by atoms with Gasteiger partial charge in [-0.2, -0.15) is 0 Å². The third-order valence-electron chi connectivity index (χ3n) is 3.74. The highest BCUT2D eigenvalue weighted by Crippen LogP contribution is 2.25. The average Bonchev–Trinajstić information content (AvgIpc) is 2.99. The van der Waals surface area contributed by atoms with Crippen LogP contribution < -0.4 is 4.74 Å². The second-order valence-corrected chi connectivity index (χ2v) is 5.22. The predicted molar refractivity (Wildman–Crippen MR) is 78.5 cm³/mol. The Balaban J connectivity index is 2.14. The molecule has 2 rings (SSSR count). The zero-order valence-electron chi connectivity index (χ0n) is 12.2. The van der Waals surface area contributed by atoms with Crippen LogP contribution in [0, 0.1) is 0 Å². The van der Waals surface area contributed by atoms with E-state index in [2.05, 4.69) is 0 Å². The summed E-state index contributed by atoms with van der Waals surface area (Å²) in [5.74, 6) is -0.478. The lowest BCUT2D eigenvalue weighted by Crippen LogP contribution is -2.42. The van der Waals surface area contributed by atoms with E-state index in [0.717, 1.165) is 25.7 Å². The van der Waals surface area contributed by atoms with E-state index in [0.29, 0.717) is 17.9 Å². The standard InChI is InChI=1S/C16H21NO4/c1-2-21-14-9-7-12(8-10-14)16(20)17(11-15(18)19)13-5-3-4-6-13/h7-10,13H,2-6,11H2,1H3,(H,18,19). The molecule has 1 aliphatic rings. The highest BCUT2D eigenvalue weighted by atomic mass is 16.5. The molecule has 0 heterocycles. The Hall–Kier alpha value is -2.04. The van der Waals surface area contributed by atoms with Crippen molar-refractivity contribution in [2.75, 3.05) is 13.2 Å². The van der Waals surface area contributed by atoms with Crippen LogP contribution >= 0.6 is 0 Å². The Kier molecular flexibility index (Phi) is 5.20. The molecule has 114 valence electrons. The summed E-state index contributed by atoms with van der Waals surface area (Å²) in [5, 5.41) is 9.04. The molecule has 0 atom stereocenters. The molecule has 0 radical (unpaired) electrons. The van der Waals surface area contributed by atoms with Gasteiger partial charge in [0, 0.05) is 11.6 Å². The maximum atomic E-state index is 12.6. The molecule has 5 nitrogen and oxygen atoms in total. The Bertz CT molecular complexity index is 492. The van der Waals surface area contributed by atoms with Crippen LogP contribution in [0.15, 0.2) is 24.3 Å². The lowest BCUT2D eigenvalue weighted by Gasteiger charge is -2.27. The first-order valence-corrected chi connectivity index (χ1v) is 7.37. The number of carbonyl (C=O) groups is 2. The molecule has 1 aliphatic carbocycles. The Morgan fingerprint density at radius 3 is 2.38 bits per heavy atom. The minimum absolute atomic E-state index is 0.0418. The Morgan fingerprint density at radius 2 is 1.86 bits per heavy atom. The van der Waals surface area contributed by atoms with E-state index in [1.54, 1.807) is 24.3 Å². The van der Waals surface area contributed by atoms with Gasteiger partial charge in [0.15, 0.2) is 0 Å². The van der Waals surface area contributed by atoms with Crippen molar-refractivity contribution in [2.24, 2.45) is 0 Å². The van der Waals surface area contributed by atoms with E-state index in [1.165, 1.54) is 4.90 Å². The molecule has 0 bridgehead atoms. The van der Waals surface area contributed by atoms with E-state index in [-0.39, 0.29) is 18.5 Å². The largest absolute Gasteiger partial charge is 0.494 e. The number of carboxylic acid groups (broad SMARTS) is 1. The predicted octanol–water partition coefficient (Wildman–Crippen LogP) is 2.55. The van der Waals surface area contributed by atoms with E-state index in [4.69, 9.17) is 9.84 Å². The Morgan fingerprint density at radius 1 is 1.24 bits per heavy atom. The van der Waals surface area contributed by atoms with Crippen molar-refractivity contribution < 1.29 is 19.4 Å². The van der Waals surface area contributed by atoms with Crippen LogP contribution in [-0.2, 0) is 4.79 Å².